The summed E-state index contributed by atoms with van der Waals surface area (Å²) in [4.78, 5) is 10.8. The predicted octanol–water partition coefficient (Wildman–Crippen LogP) is -0.521. The van der Waals surface area contributed by atoms with E-state index in [0.29, 0.717) is 12.3 Å². The molecule has 0 rings (SSSR count). The average molecular weight is 206 g/mol. The lowest BCUT2D eigenvalue weighted by molar-refractivity contribution is -0.119. The minimum absolute atomic E-state index is 0.0236. The van der Waals surface area contributed by atoms with Crippen molar-refractivity contribution in [2.75, 3.05) is 25.6 Å². The van der Waals surface area contributed by atoms with Gasteiger partial charge in [-0.1, -0.05) is 0 Å². The van der Waals surface area contributed by atoms with Crippen molar-refractivity contribution in [2.45, 2.75) is 19.4 Å². The van der Waals surface area contributed by atoms with Crippen LogP contribution in [0.2, 0.25) is 0 Å². The van der Waals surface area contributed by atoms with E-state index in [9.17, 15) is 9.00 Å². The molecule has 0 aliphatic heterocycles. The normalized spacial score (nSPS) is 15.0. The lowest BCUT2D eigenvalue weighted by atomic mass is 10.2. The maximum atomic E-state index is 10.8. The molecule has 0 spiro atoms. The van der Waals surface area contributed by atoms with Gasteiger partial charge in [0, 0.05) is 35.9 Å². The Morgan fingerprint density at radius 2 is 2.15 bits per heavy atom. The number of carbonyl (C=O) groups excluding carboxylic acids is 1. The fourth-order valence-corrected chi connectivity index (χ4v) is 1.49. The molecule has 0 saturated heterocycles. The predicted molar refractivity (Wildman–Crippen MR) is 55.1 cm³/mol. The van der Waals surface area contributed by atoms with Crippen molar-refractivity contribution in [3.8, 4) is 0 Å². The van der Waals surface area contributed by atoms with E-state index in [0.717, 1.165) is 6.42 Å². The molecule has 0 bridgehead atoms. The lowest BCUT2D eigenvalue weighted by Gasteiger charge is -2.11. The fraction of sp³-hybridized carbons (Fsp3) is 0.875. The van der Waals surface area contributed by atoms with Gasteiger partial charge < -0.3 is 10.6 Å². The molecule has 4 nitrogen and oxygen atoms in total. The molecular weight excluding hydrogens is 188 g/mol. The summed E-state index contributed by atoms with van der Waals surface area (Å²) in [6, 6.07) is 0.237. The summed E-state index contributed by atoms with van der Waals surface area (Å²) in [6.45, 7) is 2.31. The summed E-state index contributed by atoms with van der Waals surface area (Å²) in [5.41, 5.74) is 0. The first-order valence-electron chi connectivity index (χ1n) is 4.30. The van der Waals surface area contributed by atoms with Gasteiger partial charge in [-0.2, -0.15) is 0 Å². The van der Waals surface area contributed by atoms with Gasteiger partial charge in [-0.25, -0.2) is 0 Å². The maximum absolute atomic E-state index is 10.8. The zero-order valence-corrected chi connectivity index (χ0v) is 9.24. The Hall–Kier alpha value is -0.420. The van der Waals surface area contributed by atoms with E-state index in [1.165, 1.54) is 0 Å². The molecule has 0 radical (unpaired) electrons. The summed E-state index contributed by atoms with van der Waals surface area (Å²) in [5, 5.41) is 5.57. The number of hydrogen-bond donors (Lipinski definition) is 2. The first-order chi connectivity index (χ1) is 6.06. The summed E-state index contributed by atoms with van der Waals surface area (Å²) >= 11 is 0. The zero-order valence-electron chi connectivity index (χ0n) is 8.42. The highest BCUT2D eigenvalue weighted by Gasteiger charge is 2.04. The van der Waals surface area contributed by atoms with E-state index in [-0.39, 0.29) is 11.9 Å². The lowest BCUT2D eigenvalue weighted by Crippen LogP contribution is -2.37. The smallest absolute Gasteiger partial charge is 0.233 e. The summed E-state index contributed by atoms with van der Waals surface area (Å²) in [6.07, 6.45) is 2.52. The van der Waals surface area contributed by atoms with Crippen LogP contribution in [0.4, 0.5) is 0 Å². The van der Waals surface area contributed by atoms with E-state index in [1.54, 1.807) is 13.3 Å². The third-order valence-corrected chi connectivity index (χ3v) is 2.54. The molecule has 0 aromatic rings. The molecule has 0 aliphatic carbocycles. The van der Waals surface area contributed by atoms with Gasteiger partial charge in [-0.05, 0) is 13.3 Å². The molecule has 1 amide bonds. The molecule has 5 heteroatoms. The van der Waals surface area contributed by atoms with Gasteiger partial charge in [-0.15, -0.1) is 0 Å². The highest BCUT2D eigenvalue weighted by Crippen LogP contribution is 1.91. The highest BCUT2D eigenvalue weighted by atomic mass is 32.2. The van der Waals surface area contributed by atoms with Crippen molar-refractivity contribution in [3.63, 3.8) is 0 Å². The molecule has 0 aromatic heterocycles. The second-order valence-corrected chi connectivity index (χ2v) is 4.58. The van der Waals surface area contributed by atoms with Crippen LogP contribution in [0.5, 0.6) is 0 Å². The van der Waals surface area contributed by atoms with Crippen LogP contribution in [0.25, 0.3) is 0 Å². The van der Waals surface area contributed by atoms with Crippen molar-refractivity contribution >= 4 is 16.7 Å². The van der Waals surface area contributed by atoms with Crippen LogP contribution in [0.15, 0.2) is 0 Å². The first-order valence-corrected chi connectivity index (χ1v) is 6.03. The molecule has 2 atom stereocenters. The van der Waals surface area contributed by atoms with Crippen LogP contribution < -0.4 is 10.6 Å². The second-order valence-electron chi connectivity index (χ2n) is 3.02. The van der Waals surface area contributed by atoms with Crippen LogP contribution in [0.3, 0.4) is 0 Å². The topological polar surface area (TPSA) is 58.2 Å². The first kappa shape index (κ1) is 12.6. The largest absolute Gasteiger partial charge is 0.358 e. The fourth-order valence-electron chi connectivity index (χ4n) is 0.800. The van der Waals surface area contributed by atoms with Crippen LogP contribution in [0.1, 0.15) is 13.3 Å². The number of likely N-dealkylation sites (N-methyl/N-ethyl adjacent to an activating group) is 1. The average Bonchev–Trinajstić information content (AvgIpc) is 2.10. The Bertz CT molecular complexity index is 185. The molecule has 0 saturated carbocycles. The molecule has 13 heavy (non-hydrogen) atoms. The van der Waals surface area contributed by atoms with Gasteiger partial charge in [0.25, 0.3) is 0 Å². The van der Waals surface area contributed by atoms with Gasteiger partial charge in [0.15, 0.2) is 0 Å². The summed E-state index contributed by atoms with van der Waals surface area (Å²) in [5.74, 6) is 0.659. The molecular formula is C8H18N2O2S. The Morgan fingerprint density at radius 3 is 2.62 bits per heavy atom. The number of rotatable bonds is 6. The van der Waals surface area contributed by atoms with E-state index in [4.69, 9.17) is 0 Å². The monoisotopic (exact) mass is 206 g/mol. The van der Waals surface area contributed by atoms with E-state index in [2.05, 4.69) is 10.6 Å². The van der Waals surface area contributed by atoms with Gasteiger partial charge >= 0.3 is 0 Å². The minimum atomic E-state index is -0.743. The van der Waals surface area contributed by atoms with Crippen LogP contribution >= 0.6 is 0 Å². The second kappa shape index (κ2) is 7.03. The summed E-state index contributed by atoms with van der Waals surface area (Å²) in [7, 11) is 0.864. The number of nitrogens with one attached hydrogen (secondary N) is 2. The molecule has 0 fully saturated rings. The van der Waals surface area contributed by atoms with Gasteiger partial charge in [0.1, 0.15) is 0 Å². The van der Waals surface area contributed by atoms with Crippen molar-refractivity contribution in [1.82, 2.24) is 10.6 Å². The standard InChI is InChI=1S/C8H18N2O2S/c1-7(4-5-13(3)12)10-6-8(11)9-2/h7,10H,4-6H2,1-3H3,(H,9,11). The zero-order chi connectivity index (χ0) is 10.3. The maximum Gasteiger partial charge on any atom is 0.233 e. The van der Waals surface area contributed by atoms with Gasteiger partial charge in [0.2, 0.25) is 5.91 Å². The highest BCUT2D eigenvalue weighted by molar-refractivity contribution is 7.84. The van der Waals surface area contributed by atoms with Crippen LogP contribution in [0, 0.1) is 0 Å². The number of hydrogen-bond acceptors (Lipinski definition) is 3. The molecule has 2 unspecified atom stereocenters. The Kier molecular flexibility index (Phi) is 6.80. The van der Waals surface area contributed by atoms with Crippen molar-refractivity contribution < 1.29 is 9.00 Å². The SMILES string of the molecule is CNC(=O)CNC(C)CCS(C)=O. The van der Waals surface area contributed by atoms with Crippen LogP contribution in [-0.2, 0) is 15.6 Å². The molecule has 2 N–H and O–H groups in total. The van der Waals surface area contributed by atoms with Crippen LogP contribution in [-0.4, -0.2) is 41.8 Å². The molecule has 0 aromatic carbocycles. The van der Waals surface area contributed by atoms with Crippen molar-refractivity contribution in [1.29, 1.82) is 0 Å². The van der Waals surface area contributed by atoms with Crippen molar-refractivity contribution in [2.24, 2.45) is 0 Å². The Labute approximate surface area is 81.9 Å². The van der Waals surface area contributed by atoms with E-state index in [1.807, 2.05) is 6.92 Å². The Balaban J connectivity index is 3.45. The summed E-state index contributed by atoms with van der Waals surface area (Å²) < 4.78 is 10.7. The van der Waals surface area contributed by atoms with E-state index >= 15 is 0 Å². The number of carbonyl (C=O) groups is 1. The third kappa shape index (κ3) is 7.93. The minimum Gasteiger partial charge on any atom is -0.358 e. The Morgan fingerprint density at radius 1 is 1.54 bits per heavy atom. The van der Waals surface area contributed by atoms with Gasteiger partial charge in [0.05, 0.1) is 6.54 Å². The molecule has 0 heterocycles. The number of amides is 1. The third-order valence-electron chi connectivity index (χ3n) is 1.73. The quantitative estimate of drug-likeness (QED) is 0.615. The van der Waals surface area contributed by atoms with Crippen molar-refractivity contribution in [3.05, 3.63) is 0 Å². The van der Waals surface area contributed by atoms with E-state index < -0.39 is 10.8 Å². The molecule has 78 valence electrons. The van der Waals surface area contributed by atoms with Gasteiger partial charge in [-0.3, -0.25) is 9.00 Å². The molecule has 0 aliphatic rings.